The first kappa shape index (κ1) is 12.6. The van der Waals surface area contributed by atoms with Gasteiger partial charge in [0.05, 0.1) is 19.3 Å². The molecule has 2 fully saturated rings. The average Bonchev–Trinajstić information content (AvgIpc) is 2.34. The van der Waals surface area contributed by atoms with Crippen molar-refractivity contribution in [1.82, 2.24) is 10.2 Å². The van der Waals surface area contributed by atoms with Gasteiger partial charge in [-0.1, -0.05) is 0 Å². The van der Waals surface area contributed by atoms with Crippen LogP contribution >= 0.6 is 0 Å². The molecule has 7 heteroatoms. The highest BCUT2D eigenvalue weighted by molar-refractivity contribution is 5.75. The summed E-state index contributed by atoms with van der Waals surface area (Å²) in [5.74, 6) is 0. The molecule has 2 aliphatic rings. The Balaban J connectivity index is 2.04. The highest BCUT2D eigenvalue weighted by Crippen LogP contribution is 2.21. The highest BCUT2D eigenvalue weighted by Gasteiger charge is 2.42. The van der Waals surface area contributed by atoms with E-state index in [2.05, 4.69) is 5.32 Å². The molecular weight excluding hydrogens is 228 g/mol. The minimum atomic E-state index is -1.17. The molecule has 0 aromatic heterocycles. The number of hydrogen-bond acceptors (Lipinski definition) is 5. The van der Waals surface area contributed by atoms with Crippen molar-refractivity contribution in [3.63, 3.8) is 0 Å². The first-order valence-electron chi connectivity index (χ1n) is 5.78. The zero-order valence-electron chi connectivity index (χ0n) is 9.45. The van der Waals surface area contributed by atoms with Gasteiger partial charge in [0.2, 0.25) is 0 Å². The van der Waals surface area contributed by atoms with E-state index in [1.807, 2.05) is 0 Å². The van der Waals surface area contributed by atoms with Gasteiger partial charge in [-0.25, -0.2) is 4.79 Å². The molecule has 0 bridgehead atoms. The van der Waals surface area contributed by atoms with Gasteiger partial charge >= 0.3 is 6.03 Å². The van der Waals surface area contributed by atoms with E-state index in [9.17, 15) is 15.0 Å². The van der Waals surface area contributed by atoms with Crippen molar-refractivity contribution in [2.45, 2.75) is 30.8 Å². The molecule has 7 nitrogen and oxygen atoms in total. The van der Waals surface area contributed by atoms with Crippen molar-refractivity contribution in [3.8, 4) is 0 Å². The summed E-state index contributed by atoms with van der Waals surface area (Å²) in [7, 11) is 0. The summed E-state index contributed by atoms with van der Waals surface area (Å²) < 4.78 is 5.24. The molecule has 2 heterocycles. The van der Waals surface area contributed by atoms with Gasteiger partial charge in [-0.05, 0) is 6.42 Å². The number of rotatable bonds is 2. The topological polar surface area (TPSA) is 102 Å². The van der Waals surface area contributed by atoms with Crippen molar-refractivity contribution < 1.29 is 24.9 Å². The lowest BCUT2D eigenvalue weighted by Gasteiger charge is -2.43. The Kier molecular flexibility index (Phi) is 3.82. The van der Waals surface area contributed by atoms with Gasteiger partial charge in [0.15, 0.2) is 0 Å². The average molecular weight is 246 g/mol. The monoisotopic (exact) mass is 246 g/mol. The summed E-state index contributed by atoms with van der Waals surface area (Å²) in [6.45, 7) is 0.933. The molecule has 2 saturated heterocycles. The summed E-state index contributed by atoms with van der Waals surface area (Å²) in [5.41, 5.74) is 0. The molecule has 17 heavy (non-hydrogen) atoms. The number of nitrogens with one attached hydrogen (secondary N) is 1. The maximum Gasteiger partial charge on any atom is 0.317 e. The van der Waals surface area contributed by atoms with Crippen LogP contribution in [0.25, 0.3) is 0 Å². The SMILES string of the molecule is O=C1NCCCN1[C@@H]1CO[C@H](CO)[C@H](O)[C@@H]1O. The second-order valence-electron chi connectivity index (χ2n) is 4.38. The van der Waals surface area contributed by atoms with Crippen molar-refractivity contribution >= 4 is 6.03 Å². The molecule has 0 saturated carbocycles. The third-order valence-corrected chi connectivity index (χ3v) is 3.30. The van der Waals surface area contributed by atoms with Gasteiger partial charge in [-0.2, -0.15) is 0 Å². The van der Waals surface area contributed by atoms with Gasteiger partial charge in [0.1, 0.15) is 18.3 Å². The first-order chi connectivity index (χ1) is 8.15. The van der Waals surface area contributed by atoms with Gasteiger partial charge < -0.3 is 30.3 Å². The maximum absolute atomic E-state index is 11.6. The number of urea groups is 1. The summed E-state index contributed by atoms with van der Waals surface area (Å²) in [5, 5.41) is 31.3. The fourth-order valence-corrected chi connectivity index (χ4v) is 2.27. The fraction of sp³-hybridized carbons (Fsp3) is 0.900. The fourth-order valence-electron chi connectivity index (χ4n) is 2.27. The summed E-state index contributed by atoms with van der Waals surface area (Å²) in [4.78, 5) is 13.1. The van der Waals surface area contributed by atoms with Crippen LogP contribution < -0.4 is 5.32 Å². The van der Waals surface area contributed by atoms with E-state index in [4.69, 9.17) is 9.84 Å². The van der Waals surface area contributed by atoms with E-state index in [1.54, 1.807) is 0 Å². The van der Waals surface area contributed by atoms with Crippen LogP contribution in [-0.2, 0) is 4.74 Å². The van der Waals surface area contributed by atoms with Crippen LogP contribution in [0.2, 0.25) is 0 Å². The number of nitrogens with zero attached hydrogens (tertiary/aromatic N) is 1. The van der Waals surface area contributed by atoms with E-state index < -0.39 is 24.4 Å². The molecule has 2 amide bonds. The Morgan fingerprint density at radius 1 is 1.41 bits per heavy atom. The van der Waals surface area contributed by atoms with E-state index in [-0.39, 0.29) is 19.2 Å². The van der Waals surface area contributed by atoms with Crippen LogP contribution in [0, 0.1) is 0 Å². The smallest absolute Gasteiger partial charge is 0.317 e. The third kappa shape index (κ3) is 2.37. The van der Waals surface area contributed by atoms with Crippen molar-refractivity contribution in [3.05, 3.63) is 0 Å². The van der Waals surface area contributed by atoms with Gasteiger partial charge in [-0.3, -0.25) is 0 Å². The Morgan fingerprint density at radius 3 is 2.82 bits per heavy atom. The molecule has 0 unspecified atom stereocenters. The van der Waals surface area contributed by atoms with Crippen LogP contribution in [0.5, 0.6) is 0 Å². The Hall–Kier alpha value is -0.890. The lowest BCUT2D eigenvalue weighted by atomic mass is 9.97. The Bertz CT molecular complexity index is 288. The number of carbonyl (C=O) groups is 1. The molecule has 4 N–H and O–H groups in total. The van der Waals surface area contributed by atoms with Crippen LogP contribution in [0.1, 0.15) is 6.42 Å². The largest absolute Gasteiger partial charge is 0.394 e. The van der Waals surface area contributed by atoms with Crippen LogP contribution in [0.4, 0.5) is 4.79 Å². The normalized spacial score (nSPS) is 39.0. The van der Waals surface area contributed by atoms with Crippen molar-refractivity contribution in [2.75, 3.05) is 26.3 Å². The van der Waals surface area contributed by atoms with E-state index in [0.29, 0.717) is 13.1 Å². The zero-order chi connectivity index (χ0) is 12.4. The van der Waals surface area contributed by atoms with Crippen LogP contribution in [-0.4, -0.2) is 76.9 Å². The number of amides is 2. The predicted molar refractivity (Wildman–Crippen MR) is 57.3 cm³/mol. The Labute approximate surface area is 99.0 Å². The minimum Gasteiger partial charge on any atom is -0.394 e. The Morgan fingerprint density at radius 2 is 2.18 bits per heavy atom. The van der Waals surface area contributed by atoms with E-state index in [1.165, 1.54) is 4.90 Å². The molecular formula is C10H18N2O5. The molecule has 0 radical (unpaired) electrons. The summed E-state index contributed by atoms with van der Waals surface area (Å²) >= 11 is 0. The lowest BCUT2D eigenvalue weighted by Crippen LogP contribution is -2.63. The van der Waals surface area contributed by atoms with E-state index >= 15 is 0 Å². The second-order valence-corrected chi connectivity index (χ2v) is 4.38. The maximum atomic E-state index is 11.6. The molecule has 0 aliphatic carbocycles. The highest BCUT2D eigenvalue weighted by atomic mass is 16.5. The van der Waals surface area contributed by atoms with Gasteiger partial charge in [0, 0.05) is 13.1 Å². The number of ether oxygens (including phenoxy) is 1. The van der Waals surface area contributed by atoms with E-state index in [0.717, 1.165) is 6.42 Å². The van der Waals surface area contributed by atoms with Gasteiger partial charge in [-0.15, -0.1) is 0 Å². The predicted octanol–water partition coefficient (Wildman–Crippen LogP) is -2.12. The number of carbonyl (C=O) groups excluding carboxylic acids is 1. The summed E-state index contributed by atoms with van der Waals surface area (Å²) in [6.07, 6.45) is -2.25. The molecule has 0 aromatic carbocycles. The van der Waals surface area contributed by atoms with Crippen LogP contribution in [0.15, 0.2) is 0 Å². The standard InChI is InChI=1S/C10H18N2O5/c13-4-7-9(15)8(14)6(5-17-7)12-3-1-2-11-10(12)16/h6-9,13-15H,1-5H2,(H,11,16)/t6-,7-,8-,9+/m1/s1. The number of aliphatic hydroxyl groups is 3. The molecule has 0 aromatic rings. The second kappa shape index (κ2) is 5.18. The number of aliphatic hydroxyl groups excluding tert-OH is 3. The van der Waals surface area contributed by atoms with Crippen molar-refractivity contribution in [2.24, 2.45) is 0 Å². The quantitative estimate of drug-likeness (QED) is 0.446. The first-order valence-corrected chi connectivity index (χ1v) is 5.78. The van der Waals surface area contributed by atoms with Gasteiger partial charge in [0.25, 0.3) is 0 Å². The molecule has 2 rings (SSSR count). The molecule has 98 valence electrons. The molecule has 0 spiro atoms. The minimum absolute atomic E-state index is 0.122. The third-order valence-electron chi connectivity index (χ3n) is 3.30. The molecule has 4 atom stereocenters. The van der Waals surface area contributed by atoms with Crippen molar-refractivity contribution in [1.29, 1.82) is 0 Å². The molecule has 2 aliphatic heterocycles. The zero-order valence-corrected chi connectivity index (χ0v) is 9.45. The number of hydrogen-bond donors (Lipinski definition) is 4. The summed E-state index contributed by atoms with van der Waals surface area (Å²) in [6, 6.07) is -0.813. The van der Waals surface area contributed by atoms with Crippen LogP contribution in [0.3, 0.4) is 0 Å². The lowest BCUT2D eigenvalue weighted by molar-refractivity contribution is -0.176.